The zero-order valence-corrected chi connectivity index (χ0v) is 30.0. The second-order valence-electron chi connectivity index (χ2n) is 11.6. The summed E-state index contributed by atoms with van der Waals surface area (Å²) in [6.45, 7) is 3.20. The lowest BCUT2D eigenvalue weighted by molar-refractivity contribution is -0.140. The van der Waals surface area contributed by atoms with Gasteiger partial charge in [-0.25, -0.2) is 8.42 Å². The Morgan fingerprint density at radius 3 is 1.94 bits per heavy atom. The molecule has 8 nitrogen and oxygen atoms in total. The maximum absolute atomic E-state index is 14.7. The fourth-order valence-corrected chi connectivity index (χ4v) is 7.30. The van der Waals surface area contributed by atoms with E-state index in [1.54, 1.807) is 73.7 Å². The first-order valence-corrected chi connectivity index (χ1v) is 18.2. The molecule has 0 saturated heterocycles. The first-order valence-electron chi connectivity index (χ1n) is 16.0. The Balaban J connectivity index is 1.57. The van der Waals surface area contributed by atoms with Crippen molar-refractivity contribution in [1.82, 2.24) is 10.2 Å². The summed E-state index contributed by atoms with van der Waals surface area (Å²) in [5.41, 5.74) is 2.35. The Kier molecular flexibility index (Phi) is 12.2. The Morgan fingerprint density at radius 1 is 0.760 bits per heavy atom. The fourth-order valence-electron chi connectivity index (χ4n) is 5.37. The lowest BCUT2D eigenvalue weighted by atomic mass is 10.0. The number of hydrogen-bond donors (Lipinski definition) is 1. The van der Waals surface area contributed by atoms with Crippen LogP contribution in [0.4, 0.5) is 5.69 Å². The molecule has 0 saturated carbocycles. The van der Waals surface area contributed by atoms with Crippen LogP contribution in [0.15, 0.2) is 132 Å². The highest BCUT2D eigenvalue weighted by molar-refractivity contribution is 7.92. The van der Waals surface area contributed by atoms with Crippen LogP contribution in [-0.2, 0) is 32.6 Å². The predicted octanol–water partition coefficient (Wildman–Crippen LogP) is 8.07. The topological polar surface area (TPSA) is 96.0 Å². The number of likely N-dealkylation sites (N-methyl/N-ethyl adjacent to an activating group) is 1. The number of benzene rings is 5. The predicted molar refractivity (Wildman–Crippen MR) is 198 cm³/mol. The van der Waals surface area contributed by atoms with Crippen LogP contribution in [0.2, 0.25) is 10.0 Å². The van der Waals surface area contributed by atoms with E-state index in [2.05, 4.69) is 5.32 Å². The Hall–Kier alpha value is -4.83. The van der Waals surface area contributed by atoms with Crippen molar-refractivity contribution in [2.45, 2.75) is 37.8 Å². The quantitative estimate of drug-likeness (QED) is 0.125. The minimum atomic E-state index is -4.28. The number of nitrogens with zero attached hydrogens (tertiary/aromatic N) is 2. The van der Waals surface area contributed by atoms with Gasteiger partial charge in [-0.3, -0.25) is 13.9 Å². The van der Waals surface area contributed by atoms with Crippen LogP contribution < -0.4 is 14.4 Å². The molecule has 50 heavy (non-hydrogen) atoms. The van der Waals surface area contributed by atoms with Crippen LogP contribution in [0, 0.1) is 6.92 Å². The molecule has 11 heteroatoms. The summed E-state index contributed by atoms with van der Waals surface area (Å²) in [7, 11) is -4.28. The third kappa shape index (κ3) is 9.04. The highest BCUT2D eigenvalue weighted by Crippen LogP contribution is 2.31. The van der Waals surface area contributed by atoms with Crippen molar-refractivity contribution in [3.63, 3.8) is 0 Å². The summed E-state index contributed by atoms with van der Waals surface area (Å²) < 4.78 is 35.7. The number of sulfonamides is 1. The molecular weight excluding hydrogens is 693 g/mol. The fraction of sp³-hybridized carbons (Fsp3) is 0.179. The SMILES string of the molecule is CCNC(=O)[C@H](Cc1ccccc1)N(Cc1c(Cl)cccc1Cl)C(=O)CN(c1ccc(Oc2ccccc2)cc1)S(=O)(=O)c1ccc(C)cc1. The van der Waals surface area contributed by atoms with E-state index in [0.717, 1.165) is 15.4 Å². The van der Waals surface area contributed by atoms with Gasteiger partial charge in [-0.15, -0.1) is 0 Å². The number of hydrogen-bond acceptors (Lipinski definition) is 5. The molecule has 0 spiro atoms. The van der Waals surface area contributed by atoms with Gasteiger partial charge in [-0.2, -0.15) is 0 Å². The average molecular weight is 731 g/mol. The van der Waals surface area contributed by atoms with E-state index in [1.165, 1.54) is 17.0 Å². The minimum absolute atomic E-state index is 0.00534. The Labute approximate surface area is 303 Å². The molecule has 258 valence electrons. The van der Waals surface area contributed by atoms with Crippen LogP contribution in [0.3, 0.4) is 0 Å². The van der Waals surface area contributed by atoms with Crippen molar-refractivity contribution in [2.75, 3.05) is 17.4 Å². The van der Waals surface area contributed by atoms with Crippen LogP contribution in [-0.4, -0.2) is 44.3 Å². The molecule has 0 aliphatic heterocycles. The lowest BCUT2D eigenvalue weighted by Gasteiger charge is -2.34. The second-order valence-corrected chi connectivity index (χ2v) is 14.2. The van der Waals surface area contributed by atoms with Crippen molar-refractivity contribution in [1.29, 1.82) is 0 Å². The molecule has 1 atom stereocenters. The van der Waals surface area contributed by atoms with Gasteiger partial charge in [0.25, 0.3) is 10.0 Å². The zero-order valence-electron chi connectivity index (χ0n) is 27.6. The van der Waals surface area contributed by atoms with Crippen LogP contribution >= 0.6 is 23.2 Å². The number of rotatable bonds is 14. The van der Waals surface area contributed by atoms with E-state index in [9.17, 15) is 18.0 Å². The monoisotopic (exact) mass is 729 g/mol. The van der Waals surface area contributed by atoms with E-state index in [4.69, 9.17) is 27.9 Å². The molecule has 0 unspecified atom stereocenters. The van der Waals surface area contributed by atoms with Crippen LogP contribution in [0.1, 0.15) is 23.6 Å². The highest BCUT2D eigenvalue weighted by atomic mass is 35.5. The van der Waals surface area contributed by atoms with Crippen molar-refractivity contribution >= 4 is 50.7 Å². The zero-order chi connectivity index (χ0) is 35.7. The number of nitrogens with one attached hydrogen (secondary N) is 1. The summed E-state index contributed by atoms with van der Waals surface area (Å²) >= 11 is 13.2. The molecule has 0 radical (unpaired) electrons. The number of ether oxygens (including phenoxy) is 1. The molecule has 5 aromatic rings. The van der Waals surface area contributed by atoms with Crippen molar-refractivity contribution < 1.29 is 22.7 Å². The van der Waals surface area contributed by atoms with Crippen LogP contribution in [0.5, 0.6) is 11.5 Å². The molecular formula is C39H37Cl2N3O5S. The minimum Gasteiger partial charge on any atom is -0.457 e. The average Bonchev–Trinajstić information content (AvgIpc) is 3.11. The first-order chi connectivity index (χ1) is 24.1. The summed E-state index contributed by atoms with van der Waals surface area (Å²) in [6, 6.07) is 35.3. The van der Waals surface area contributed by atoms with E-state index in [0.29, 0.717) is 33.7 Å². The summed E-state index contributed by atoms with van der Waals surface area (Å²) in [5, 5.41) is 3.46. The third-order valence-electron chi connectivity index (χ3n) is 8.00. The maximum atomic E-state index is 14.7. The van der Waals surface area contributed by atoms with Gasteiger partial charge in [-0.1, -0.05) is 95.5 Å². The number of carbonyl (C=O) groups is 2. The molecule has 0 aliphatic rings. The van der Waals surface area contributed by atoms with Gasteiger partial charge in [0.05, 0.1) is 10.6 Å². The normalized spacial score (nSPS) is 11.8. The van der Waals surface area contributed by atoms with Gasteiger partial charge in [0.1, 0.15) is 24.1 Å². The van der Waals surface area contributed by atoms with Crippen molar-refractivity contribution in [3.05, 3.63) is 154 Å². The van der Waals surface area contributed by atoms with Gasteiger partial charge in [0.15, 0.2) is 0 Å². The van der Waals surface area contributed by atoms with Gasteiger partial charge in [0, 0.05) is 35.1 Å². The number of carbonyl (C=O) groups excluding carboxylic acids is 2. The first kappa shape index (κ1) is 36.5. The third-order valence-corrected chi connectivity index (χ3v) is 10.5. The number of anilines is 1. The Morgan fingerprint density at radius 2 is 1.34 bits per heavy atom. The summed E-state index contributed by atoms with van der Waals surface area (Å²) in [5.74, 6) is 0.0630. The molecule has 0 aliphatic carbocycles. The maximum Gasteiger partial charge on any atom is 0.264 e. The van der Waals surface area contributed by atoms with E-state index < -0.39 is 34.4 Å². The van der Waals surface area contributed by atoms with E-state index in [1.807, 2.05) is 55.5 Å². The second kappa shape index (κ2) is 16.7. The van der Waals surface area contributed by atoms with Crippen molar-refractivity contribution in [3.8, 4) is 11.5 Å². The Bertz CT molecular complexity index is 1990. The molecule has 2 amide bonds. The largest absolute Gasteiger partial charge is 0.457 e. The number of aryl methyl sites for hydroxylation is 1. The molecule has 0 heterocycles. The van der Waals surface area contributed by atoms with E-state index in [-0.39, 0.29) is 23.5 Å². The molecule has 0 aromatic heterocycles. The van der Waals surface area contributed by atoms with Gasteiger partial charge < -0.3 is 15.0 Å². The van der Waals surface area contributed by atoms with Gasteiger partial charge >= 0.3 is 0 Å². The summed E-state index contributed by atoms with van der Waals surface area (Å²) in [6.07, 6.45) is 0.163. The number of para-hydroxylation sites is 1. The standard InChI is InChI=1S/C39H37Cl2N3O5S/c1-3-42-39(46)37(25-29-11-6-4-7-12-29)43(26-34-35(40)15-10-16-36(34)41)38(45)27-44(50(47,48)33-23-17-28(2)18-24-33)30-19-21-32(22-20-30)49-31-13-8-5-9-14-31/h4-24,37H,3,25-27H2,1-2H3,(H,42,46)/t37-/m0/s1. The van der Waals surface area contributed by atoms with Gasteiger partial charge in [-0.05, 0) is 80.1 Å². The molecule has 0 bridgehead atoms. The molecule has 1 N–H and O–H groups in total. The van der Waals surface area contributed by atoms with E-state index >= 15 is 0 Å². The van der Waals surface area contributed by atoms with Crippen LogP contribution in [0.25, 0.3) is 0 Å². The number of amides is 2. The lowest BCUT2D eigenvalue weighted by Crippen LogP contribution is -2.53. The molecule has 0 fully saturated rings. The smallest absolute Gasteiger partial charge is 0.264 e. The van der Waals surface area contributed by atoms with Crippen molar-refractivity contribution in [2.24, 2.45) is 0 Å². The highest BCUT2D eigenvalue weighted by Gasteiger charge is 2.35. The van der Waals surface area contributed by atoms with Gasteiger partial charge in [0.2, 0.25) is 11.8 Å². The summed E-state index contributed by atoms with van der Waals surface area (Å²) in [4.78, 5) is 29.8. The molecule has 5 rings (SSSR count). The number of halogens is 2. The molecule has 5 aromatic carbocycles.